The molecule has 1 atom stereocenters. The first kappa shape index (κ1) is 75.8. The maximum atomic E-state index is 12.9. The third-order valence-electron chi connectivity index (χ3n) is 13.2. The van der Waals surface area contributed by atoms with Gasteiger partial charge in [0.1, 0.15) is 13.2 Å². The molecular formula is C75H118O6. The van der Waals surface area contributed by atoms with Gasteiger partial charge in [0.25, 0.3) is 0 Å². The molecule has 81 heavy (non-hydrogen) atoms. The van der Waals surface area contributed by atoms with E-state index in [0.29, 0.717) is 19.3 Å². The topological polar surface area (TPSA) is 78.9 Å². The lowest BCUT2D eigenvalue weighted by atomic mass is 10.1. The lowest BCUT2D eigenvalue weighted by Gasteiger charge is -2.18. The molecule has 0 heterocycles. The molecular weight excluding hydrogens is 997 g/mol. The van der Waals surface area contributed by atoms with Gasteiger partial charge in [-0.25, -0.2) is 0 Å². The Morgan fingerprint density at radius 2 is 0.444 bits per heavy atom. The summed E-state index contributed by atoms with van der Waals surface area (Å²) < 4.78 is 16.9. The SMILES string of the molecule is CC/C=C\C/C=C\C/C=C\C/C=C\C/C=C\CCCCCCCCCCCC(=O)OCC(COC(=O)CCCCCC/C=C\C/C=C\C/C=C\C/C=C\CC)OC(=O)CCCCCCC/C=C\C/C=C\C/C=C\C/C=C\C/C=C\CC. The van der Waals surface area contributed by atoms with E-state index in [1.165, 1.54) is 38.5 Å². The van der Waals surface area contributed by atoms with E-state index in [-0.39, 0.29) is 31.1 Å². The highest BCUT2D eigenvalue weighted by molar-refractivity contribution is 5.71. The summed E-state index contributed by atoms with van der Waals surface area (Å²) in [5, 5.41) is 0. The minimum absolute atomic E-state index is 0.105. The molecule has 0 saturated carbocycles. The number of rotatable bonds is 57. The number of esters is 3. The van der Waals surface area contributed by atoms with E-state index in [1.807, 2.05) is 0 Å². The number of ether oxygens (including phenoxy) is 3. The Morgan fingerprint density at radius 3 is 0.691 bits per heavy atom. The molecule has 0 spiro atoms. The smallest absolute Gasteiger partial charge is 0.306 e. The van der Waals surface area contributed by atoms with Crippen molar-refractivity contribution in [3.05, 3.63) is 170 Å². The van der Waals surface area contributed by atoms with Crippen LogP contribution < -0.4 is 0 Å². The van der Waals surface area contributed by atoms with Crippen molar-refractivity contribution < 1.29 is 28.6 Å². The van der Waals surface area contributed by atoms with Gasteiger partial charge in [-0.2, -0.15) is 0 Å². The second kappa shape index (κ2) is 67.3. The molecule has 0 bridgehead atoms. The van der Waals surface area contributed by atoms with Gasteiger partial charge in [0.15, 0.2) is 6.10 Å². The molecule has 0 saturated heterocycles. The minimum Gasteiger partial charge on any atom is -0.462 e. The lowest BCUT2D eigenvalue weighted by Crippen LogP contribution is -2.30. The Kier molecular flexibility index (Phi) is 62.9. The van der Waals surface area contributed by atoms with Gasteiger partial charge in [-0.05, 0) is 148 Å². The molecule has 0 N–H and O–H groups in total. The Bertz CT molecular complexity index is 1860. The summed E-state index contributed by atoms with van der Waals surface area (Å²) >= 11 is 0. The van der Waals surface area contributed by atoms with Crippen LogP contribution in [0.3, 0.4) is 0 Å². The van der Waals surface area contributed by atoms with Crippen molar-refractivity contribution in [3.63, 3.8) is 0 Å². The normalized spacial score (nSPS) is 13.3. The van der Waals surface area contributed by atoms with Gasteiger partial charge in [-0.15, -0.1) is 0 Å². The standard InChI is InChI=1S/C75H118O6/c1-4-7-10-13-16-19-22-25-28-31-33-35-36-37-38-40-41-44-47-50-53-56-59-62-65-68-74(77)80-71-72(70-79-73(76)67-64-61-58-55-52-49-46-43-30-27-24-21-18-15-12-9-6-3)81-75(78)69-66-63-60-57-54-51-48-45-42-39-34-32-29-26-23-20-17-14-11-8-5-2/h7-12,16-21,25-30,33-35,37-39,45-46,48-49,72H,4-6,13-15,22-24,31-32,36,40-44,47,50-71H2,1-3H3/b10-7-,11-8-,12-9-,19-16-,20-17-,21-18-,28-25-,29-26-,30-27-,35-33-,38-37-,39-34-,48-45-,49-46-. The van der Waals surface area contributed by atoms with Crippen molar-refractivity contribution >= 4 is 17.9 Å². The zero-order valence-corrected chi connectivity index (χ0v) is 52.0. The fourth-order valence-electron chi connectivity index (χ4n) is 8.43. The van der Waals surface area contributed by atoms with Crippen molar-refractivity contribution in [3.8, 4) is 0 Å². The molecule has 0 radical (unpaired) electrons. The Morgan fingerprint density at radius 1 is 0.247 bits per heavy atom. The molecule has 0 aromatic heterocycles. The fraction of sp³-hybridized carbons (Fsp3) is 0.587. The van der Waals surface area contributed by atoms with Crippen LogP contribution in [0.4, 0.5) is 0 Å². The monoisotopic (exact) mass is 1110 g/mol. The summed E-state index contributed by atoms with van der Waals surface area (Å²) in [7, 11) is 0. The van der Waals surface area contributed by atoms with Gasteiger partial charge in [0, 0.05) is 19.3 Å². The first-order chi connectivity index (χ1) is 40.0. The van der Waals surface area contributed by atoms with Crippen LogP contribution in [0.5, 0.6) is 0 Å². The number of hydrogen-bond acceptors (Lipinski definition) is 6. The molecule has 0 aromatic rings. The summed E-state index contributed by atoms with van der Waals surface area (Å²) in [6.45, 7) is 6.26. The average Bonchev–Trinajstić information content (AvgIpc) is 3.47. The predicted molar refractivity (Wildman–Crippen MR) is 352 cm³/mol. The summed E-state index contributed by atoms with van der Waals surface area (Å²) in [6.07, 6.45) is 99.2. The van der Waals surface area contributed by atoms with Crippen LogP contribution in [0.25, 0.3) is 0 Å². The maximum Gasteiger partial charge on any atom is 0.306 e. The van der Waals surface area contributed by atoms with E-state index in [4.69, 9.17) is 14.2 Å². The summed E-state index contributed by atoms with van der Waals surface area (Å²) in [4.78, 5) is 38.4. The Balaban J connectivity index is 4.49. The van der Waals surface area contributed by atoms with Crippen LogP contribution in [0.2, 0.25) is 0 Å². The second-order valence-electron chi connectivity index (χ2n) is 20.9. The third kappa shape index (κ3) is 65.5. The van der Waals surface area contributed by atoms with Crippen LogP contribution in [-0.4, -0.2) is 37.2 Å². The molecule has 0 amide bonds. The minimum atomic E-state index is -0.813. The molecule has 0 rings (SSSR count). The number of unbranched alkanes of at least 4 members (excludes halogenated alkanes) is 18. The maximum absolute atomic E-state index is 12.9. The van der Waals surface area contributed by atoms with E-state index in [9.17, 15) is 14.4 Å². The van der Waals surface area contributed by atoms with Crippen molar-refractivity contribution in [2.24, 2.45) is 0 Å². The molecule has 0 fully saturated rings. The Hall–Kier alpha value is -5.23. The predicted octanol–water partition coefficient (Wildman–Crippen LogP) is 22.7. The summed E-state index contributed by atoms with van der Waals surface area (Å²) in [6, 6.07) is 0. The summed E-state index contributed by atoms with van der Waals surface area (Å²) in [5.41, 5.74) is 0. The first-order valence-corrected chi connectivity index (χ1v) is 32.6. The number of hydrogen-bond donors (Lipinski definition) is 0. The number of allylic oxidation sites excluding steroid dienone is 28. The van der Waals surface area contributed by atoms with Gasteiger partial charge in [0.2, 0.25) is 0 Å². The van der Waals surface area contributed by atoms with E-state index >= 15 is 0 Å². The quantitative estimate of drug-likeness (QED) is 0.0261. The van der Waals surface area contributed by atoms with Gasteiger partial charge >= 0.3 is 17.9 Å². The second-order valence-corrected chi connectivity index (χ2v) is 20.9. The van der Waals surface area contributed by atoms with Crippen LogP contribution in [-0.2, 0) is 28.6 Å². The van der Waals surface area contributed by atoms with E-state index in [1.54, 1.807) is 0 Å². The van der Waals surface area contributed by atoms with Gasteiger partial charge in [0.05, 0.1) is 0 Å². The largest absolute Gasteiger partial charge is 0.462 e. The zero-order chi connectivity index (χ0) is 58.5. The van der Waals surface area contributed by atoms with Crippen LogP contribution in [0, 0.1) is 0 Å². The third-order valence-corrected chi connectivity index (χ3v) is 13.2. The van der Waals surface area contributed by atoms with Crippen molar-refractivity contribution in [1.29, 1.82) is 0 Å². The summed E-state index contributed by atoms with van der Waals surface area (Å²) in [5.74, 6) is -0.957. The molecule has 0 aliphatic carbocycles. The molecule has 0 aromatic carbocycles. The van der Waals surface area contributed by atoms with E-state index < -0.39 is 6.10 Å². The van der Waals surface area contributed by atoms with E-state index in [0.717, 1.165) is 186 Å². The number of carbonyl (C=O) groups excluding carboxylic acids is 3. The average molecular weight is 1120 g/mol. The van der Waals surface area contributed by atoms with Crippen LogP contribution >= 0.6 is 0 Å². The molecule has 454 valence electrons. The van der Waals surface area contributed by atoms with Gasteiger partial charge in [-0.3, -0.25) is 14.4 Å². The highest BCUT2D eigenvalue weighted by Crippen LogP contribution is 2.14. The molecule has 1 unspecified atom stereocenters. The molecule has 6 heteroatoms. The van der Waals surface area contributed by atoms with Crippen molar-refractivity contribution in [1.82, 2.24) is 0 Å². The van der Waals surface area contributed by atoms with Gasteiger partial charge in [-0.1, -0.05) is 268 Å². The van der Waals surface area contributed by atoms with Crippen LogP contribution in [0.15, 0.2) is 170 Å². The lowest BCUT2D eigenvalue weighted by molar-refractivity contribution is -0.167. The van der Waals surface area contributed by atoms with Crippen LogP contribution in [0.1, 0.15) is 265 Å². The molecule has 0 aliphatic heterocycles. The highest BCUT2D eigenvalue weighted by atomic mass is 16.6. The van der Waals surface area contributed by atoms with Gasteiger partial charge < -0.3 is 14.2 Å². The van der Waals surface area contributed by atoms with E-state index in [2.05, 4.69) is 191 Å². The Labute approximate surface area is 498 Å². The zero-order valence-electron chi connectivity index (χ0n) is 52.0. The highest BCUT2D eigenvalue weighted by Gasteiger charge is 2.19. The first-order valence-electron chi connectivity index (χ1n) is 32.6. The molecule has 6 nitrogen and oxygen atoms in total. The fourth-order valence-corrected chi connectivity index (χ4v) is 8.43. The molecule has 0 aliphatic rings. The van der Waals surface area contributed by atoms with Crippen molar-refractivity contribution in [2.75, 3.05) is 13.2 Å². The van der Waals surface area contributed by atoms with Crippen molar-refractivity contribution in [2.45, 2.75) is 271 Å². The number of carbonyl (C=O) groups is 3.